The molecule has 1 aromatic rings. The minimum absolute atomic E-state index is 0.0150. The Bertz CT molecular complexity index is 429. The van der Waals surface area contributed by atoms with Crippen molar-refractivity contribution in [3.8, 4) is 0 Å². The summed E-state index contributed by atoms with van der Waals surface area (Å²) in [5.41, 5.74) is 1.84. The smallest absolute Gasteiger partial charge is 0.237 e. The van der Waals surface area contributed by atoms with Crippen molar-refractivity contribution in [3.05, 3.63) is 29.8 Å². The van der Waals surface area contributed by atoms with E-state index in [1.807, 2.05) is 31.2 Å². The zero-order valence-electron chi connectivity index (χ0n) is 8.43. The molecular weight excluding hydrogens is 190 g/mol. The fourth-order valence-corrected chi connectivity index (χ4v) is 2.13. The Morgan fingerprint density at radius 3 is 2.13 bits per heavy atom. The summed E-state index contributed by atoms with van der Waals surface area (Å²) >= 11 is 0. The molecule has 15 heavy (non-hydrogen) atoms. The number of carbonyl (C=O) groups excluding carboxylic acids is 2. The molecule has 1 aromatic carbocycles. The maximum absolute atomic E-state index is 11.7. The van der Waals surface area contributed by atoms with Gasteiger partial charge in [-0.15, -0.1) is 0 Å². The number of nitrogens with zero attached hydrogens (tertiary/aromatic N) is 1. The molecular formula is C12H11NO2. The number of benzene rings is 1. The normalized spacial score (nSPS) is 28.2. The van der Waals surface area contributed by atoms with Crippen LogP contribution in [-0.4, -0.2) is 11.8 Å². The van der Waals surface area contributed by atoms with E-state index in [4.69, 9.17) is 0 Å². The quantitative estimate of drug-likeness (QED) is 0.646. The Morgan fingerprint density at radius 1 is 1.07 bits per heavy atom. The van der Waals surface area contributed by atoms with Crippen LogP contribution in [0.1, 0.15) is 12.0 Å². The molecule has 1 aliphatic carbocycles. The average molecular weight is 201 g/mol. The number of anilines is 1. The number of piperidine rings is 1. The molecule has 0 bridgehead atoms. The first kappa shape index (κ1) is 8.65. The summed E-state index contributed by atoms with van der Waals surface area (Å²) in [6.07, 6.45) is 0.764. The third-order valence-electron chi connectivity index (χ3n) is 3.16. The second-order valence-corrected chi connectivity index (χ2v) is 4.30. The minimum Gasteiger partial charge on any atom is -0.274 e. The summed E-state index contributed by atoms with van der Waals surface area (Å²) in [5, 5.41) is 0. The van der Waals surface area contributed by atoms with Gasteiger partial charge in [-0.25, -0.2) is 0 Å². The molecule has 0 N–H and O–H groups in total. The van der Waals surface area contributed by atoms with Crippen LogP contribution < -0.4 is 4.90 Å². The fourth-order valence-electron chi connectivity index (χ4n) is 2.13. The van der Waals surface area contributed by atoms with Crippen LogP contribution in [0.3, 0.4) is 0 Å². The highest BCUT2D eigenvalue weighted by molar-refractivity contribution is 6.24. The van der Waals surface area contributed by atoms with Crippen molar-refractivity contribution in [2.24, 2.45) is 11.8 Å². The molecule has 1 aliphatic heterocycles. The van der Waals surface area contributed by atoms with E-state index in [2.05, 4.69) is 0 Å². The van der Waals surface area contributed by atoms with Gasteiger partial charge in [0.25, 0.3) is 0 Å². The van der Waals surface area contributed by atoms with Crippen LogP contribution in [0.25, 0.3) is 0 Å². The van der Waals surface area contributed by atoms with Gasteiger partial charge in [-0.3, -0.25) is 14.5 Å². The van der Waals surface area contributed by atoms with Crippen molar-refractivity contribution in [1.82, 2.24) is 0 Å². The Kier molecular flexibility index (Phi) is 1.55. The molecule has 3 rings (SSSR count). The van der Waals surface area contributed by atoms with Gasteiger partial charge in [0.05, 0.1) is 17.5 Å². The minimum atomic E-state index is -0.0196. The molecule has 1 saturated carbocycles. The van der Waals surface area contributed by atoms with Crippen molar-refractivity contribution in [2.75, 3.05) is 4.90 Å². The molecule has 76 valence electrons. The molecule has 3 heteroatoms. The molecule has 1 saturated heterocycles. The number of carbonyl (C=O) groups is 2. The van der Waals surface area contributed by atoms with Crippen LogP contribution in [0.5, 0.6) is 0 Å². The van der Waals surface area contributed by atoms with Gasteiger partial charge < -0.3 is 0 Å². The summed E-state index contributed by atoms with van der Waals surface area (Å²) in [6, 6.07) is 7.49. The summed E-state index contributed by atoms with van der Waals surface area (Å²) in [5.74, 6) is -0.0692. The van der Waals surface area contributed by atoms with Gasteiger partial charge in [-0.05, 0) is 25.5 Å². The first-order chi connectivity index (χ1) is 7.18. The molecule has 0 radical (unpaired) electrons. The maximum atomic E-state index is 11.7. The van der Waals surface area contributed by atoms with E-state index in [-0.39, 0.29) is 23.7 Å². The Hall–Kier alpha value is -1.64. The van der Waals surface area contributed by atoms with Crippen LogP contribution in [0.4, 0.5) is 5.69 Å². The molecule has 0 spiro atoms. The zero-order chi connectivity index (χ0) is 10.6. The van der Waals surface area contributed by atoms with E-state index < -0.39 is 0 Å². The molecule has 2 fully saturated rings. The molecule has 2 aliphatic rings. The monoisotopic (exact) mass is 201 g/mol. The first-order valence-electron chi connectivity index (χ1n) is 5.13. The number of rotatable bonds is 1. The van der Waals surface area contributed by atoms with E-state index in [1.165, 1.54) is 4.90 Å². The van der Waals surface area contributed by atoms with Crippen molar-refractivity contribution in [3.63, 3.8) is 0 Å². The molecule has 2 amide bonds. The summed E-state index contributed by atoms with van der Waals surface area (Å²) in [6.45, 7) is 1.98. The summed E-state index contributed by atoms with van der Waals surface area (Å²) in [4.78, 5) is 24.8. The highest BCUT2D eigenvalue weighted by Gasteiger charge is 2.59. The molecule has 2 atom stereocenters. The average Bonchev–Trinajstić information content (AvgIpc) is 2.96. The van der Waals surface area contributed by atoms with Gasteiger partial charge in [-0.2, -0.15) is 0 Å². The summed E-state index contributed by atoms with van der Waals surface area (Å²) in [7, 11) is 0. The van der Waals surface area contributed by atoms with Crippen molar-refractivity contribution >= 4 is 17.5 Å². The Balaban J connectivity index is 1.98. The number of fused-ring (bicyclic) bond motifs is 1. The number of hydrogen-bond acceptors (Lipinski definition) is 2. The lowest BCUT2D eigenvalue weighted by molar-refractivity contribution is -0.123. The lowest BCUT2D eigenvalue weighted by Crippen LogP contribution is -2.32. The second kappa shape index (κ2) is 2.69. The number of imide groups is 1. The van der Waals surface area contributed by atoms with Crippen LogP contribution in [-0.2, 0) is 9.59 Å². The van der Waals surface area contributed by atoms with Gasteiger partial charge in [0, 0.05) is 0 Å². The Morgan fingerprint density at radius 2 is 1.60 bits per heavy atom. The maximum Gasteiger partial charge on any atom is 0.237 e. The van der Waals surface area contributed by atoms with E-state index in [9.17, 15) is 9.59 Å². The van der Waals surface area contributed by atoms with Gasteiger partial charge in [0.1, 0.15) is 0 Å². The number of amides is 2. The van der Waals surface area contributed by atoms with E-state index in [0.29, 0.717) is 5.69 Å². The molecule has 1 heterocycles. The third-order valence-corrected chi connectivity index (χ3v) is 3.16. The van der Waals surface area contributed by atoms with Crippen LogP contribution in [0.2, 0.25) is 0 Å². The van der Waals surface area contributed by atoms with Gasteiger partial charge >= 0.3 is 0 Å². The second-order valence-electron chi connectivity index (χ2n) is 4.30. The number of hydrogen-bond donors (Lipinski definition) is 0. The van der Waals surface area contributed by atoms with E-state index >= 15 is 0 Å². The topological polar surface area (TPSA) is 37.4 Å². The predicted molar refractivity (Wildman–Crippen MR) is 55.3 cm³/mol. The first-order valence-corrected chi connectivity index (χ1v) is 5.13. The fraction of sp³-hybridized carbons (Fsp3) is 0.333. The molecule has 0 unspecified atom stereocenters. The predicted octanol–water partition coefficient (Wildman–Crippen LogP) is 1.50. The van der Waals surface area contributed by atoms with Gasteiger partial charge in [0.2, 0.25) is 11.8 Å². The SMILES string of the molecule is Cc1ccc(N2C(=O)[C@H]3C[C@H]3C2=O)cc1. The molecule has 0 aromatic heterocycles. The van der Waals surface area contributed by atoms with Crippen LogP contribution >= 0.6 is 0 Å². The Labute approximate surface area is 87.7 Å². The lowest BCUT2D eigenvalue weighted by Gasteiger charge is -2.16. The highest BCUT2D eigenvalue weighted by atomic mass is 16.2. The summed E-state index contributed by atoms with van der Waals surface area (Å²) < 4.78 is 0. The largest absolute Gasteiger partial charge is 0.274 e. The molecule has 3 nitrogen and oxygen atoms in total. The third kappa shape index (κ3) is 1.12. The van der Waals surface area contributed by atoms with Gasteiger partial charge in [0.15, 0.2) is 0 Å². The zero-order valence-corrected chi connectivity index (χ0v) is 8.43. The number of aryl methyl sites for hydroxylation is 1. The van der Waals surface area contributed by atoms with Crippen LogP contribution in [0.15, 0.2) is 24.3 Å². The van der Waals surface area contributed by atoms with Gasteiger partial charge in [-0.1, -0.05) is 17.7 Å². The van der Waals surface area contributed by atoms with E-state index in [1.54, 1.807) is 0 Å². The lowest BCUT2D eigenvalue weighted by atomic mass is 10.2. The van der Waals surface area contributed by atoms with Crippen molar-refractivity contribution in [1.29, 1.82) is 0 Å². The van der Waals surface area contributed by atoms with Crippen molar-refractivity contribution in [2.45, 2.75) is 13.3 Å². The highest BCUT2D eigenvalue weighted by Crippen LogP contribution is 2.48. The van der Waals surface area contributed by atoms with Crippen LogP contribution in [0, 0.1) is 18.8 Å². The standard InChI is InChI=1S/C12H11NO2/c1-7-2-4-8(5-3-7)13-11(14)9-6-10(9)12(13)15/h2-5,9-10H,6H2,1H3/t9-,10+. The van der Waals surface area contributed by atoms with Crippen molar-refractivity contribution < 1.29 is 9.59 Å². The van der Waals surface area contributed by atoms with E-state index in [0.717, 1.165) is 12.0 Å².